The van der Waals surface area contributed by atoms with Gasteiger partial charge in [0.05, 0.1) is 6.21 Å². The van der Waals surface area contributed by atoms with Gasteiger partial charge in [0, 0.05) is 11.3 Å². The third-order valence-electron chi connectivity index (χ3n) is 3.86. The van der Waals surface area contributed by atoms with E-state index in [0.717, 1.165) is 11.1 Å². The number of carbonyl (C=O) groups excluding carboxylic acids is 1. The van der Waals surface area contributed by atoms with Crippen LogP contribution < -0.4 is 10.1 Å². The maximum atomic E-state index is 12.2. The van der Waals surface area contributed by atoms with Crippen molar-refractivity contribution in [2.24, 2.45) is 5.16 Å². The molecule has 0 aliphatic carbocycles. The Hall–Kier alpha value is -3.74. The molecule has 0 aliphatic rings. The average molecular weight is 396 g/mol. The van der Waals surface area contributed by atoms with E-state index in [9.17, 15) is 13.6 Å². The molecule has 3 rings (SSSR count). The van der Waals surface area contributed by atoms with Gasteiger partial charge in [0.15, 0.2) is 6.61 Å². The normalized spacial score (nSPS) is 10.9. The Morgan fingerprint density at radius 2 is 1.66 bits per heavy atom. The molecule has 3 aromatic rings. The van der Waals surface area contributed by atoms with Gasteiger partial charge in [-0.3, -0.25) is 4.79 Å². The molecule has 7 heteroatoms. The first-order valence-electron chi connectivity index (χ1n) is 8.76. The lowest BCUT2D eigenvalue weighted by molar-refractivity contribution is -0.120. The number of hydrogen-bond acceptors (Lipinski definition) is 4. The predicted molar refractivity (Wildman–Crippen MR) is 107 cm³/mol. The molecule has 5 nitrogen and oxygen atoms in total. The van der Waals surface area contributed by atoms with Crippen molar-refractivity contribution in [1.82, 2.24) is 0 Å². The Kier molecular flexibility index (Phi) is 6.89. The van der Waals surface area contributed by atoms with Crippen LogP contribution in [0, 0.1) is 0 Å². The molecule has 3 aromatic carbocycles. The Morgan fingerprint density at radius 3 is 2.38 bits per heavy atom. The number of amides is 1. The summed E-state index contributed by atoms with van der Waals surface area (Å²) in [5, 5.41) is 6.53. The predicted octanol–water partition coefficient (Wildman–Crippen LogP) is 4.94. The van der Waals surface area contributed by atoms with Crippen molar-refractivity contribution >= 4 is 17.8 Å². The highest BCUT2D eigenvalue weighted by atomic mass is 19.3. The molecule has 0 saturated carbocycles. The summed E-state index contributed by atoms with van der Waals surface area (Å²) in [4.78, 5) is 17.2. The zero-order valence-corrected chi connectivity index (χ0v) is 15.3. The zero-order chi connectivity index (χ0) is 20.5. The Morgan fingerprint density at radius 1 is 0.966 bits per heavy atom. The number of carbonyl (C=O) groups is 1. The van der Waals surface area contributed by atoms with Crippen LogP contribution in [0.5, 0.6) is 5.75 Å². The molecule has 1 N–H and O–H groups in total. The van der Waals surface area contributed by atoms with Crippen LogP contribution in [0.3, 0.4) is 0 Å². The minimum atomic E-state index is -2.87. The van der Waals surface area contributed by atoms with Crippen LogP contribution in [0.2, 0.25) is 0 Å². The molecule has 0 saturated heterocycles. The minimum Gasteiger partial charge on any atom is -0.435 e. The first-order valence-corrected chi connectivity index (χ1v) is 8.76. The van der Waals surface area contributed by atoms with E-state index >= 15 is 0 Å². The van der Waals surface area contributed by atoms with E-state index in [2.05, 4.69) is 15.2 Å². The molecule has 0 atom stereocenters. The second-order valence-corrected chi connectivity index (χ2v) is 5.92. The summed E-state index contributed by atoms with van der Waals surface area (Å²) < 4.78 is 28.5. The van der Waals surface area contributed by atoms with Gasteiger partial charge in [0.25, 0.3) is 5.91 Å². The Labute approximate surface area is 166 Å². The molecule has 0 fully saturated rings. The van der Waals surface area contributed by atoms with Crippen molar-refractivity contribution in [1.29, 1.82) is 0 Å². The number of nitrogens with zero attached hydrogens (tertiary/aromatic N) is 1. The maximum absolute atomic E-state index is 12.2. The quantitative estimate of drug-likeness (QED) is 0.433. The molecule has 29 heavy (non-hydrogen) atoms. The summed E-state index contributed by atoms with van der Waals surface area (Å²) in [5.41, 5.74) is 3.17. The van der Waals surface area contributed by atoms with Crippen molar-refractivity contribution < 1.29 is 23.1 Å². The number of oxime groups is 1. The summed E-state index contributed by atoms with van der Waals surface area (Å²) in [6.07, 6.45) is 1.37. The van der Waals surface area contributed by atoms with Gasteiger partial charge in [-0.05, 0) is 41.5 Å². The van der Waals surface area contributed by atoms with Gasteiger partial charge in [-0.25, -0.2) is 0 Å². The number of nitrogens with one attached hydrogen (secondary N) is 1. The number of rotatable bonds is 8. The highest BCUT2D eigenvalue weighted by molar-refractivity contribution is 5.96. The summed E-state index contributed by atoms with van der Waals surface area (Å²) in [7, 11) is 0. The average Bonchev–Trinajstić information content (AvgIpc) is 2.73. The van der Waals surface area contributed by atoms with Gasteiger partial charge >= 0.3 is 6.61 Å². The largest absolute Gasteiger partial charge is 0.435 e. The molecule has 0 aromatic heterocycles. The topological polar surface area (TPSA) is 59.9 Å². The summed E-state index contributed by atoms with van der Waals surface area (Å²) in [6.45, 7) is -3.14. The van der Waals surface area contributed by atoms with Crippen LogP contribution in [0.25, 0.3) is 11.1 Å². The number of benzene rings is 3. The van der Waals surface area contributed by atoms with Gasteiger partial charge in [-0.2, -0.15) is 8.78 Å². The van der Waals surface area contributed by atoms with Crippen molar-refractivity contribution in [3.63, 3.8) is 0 Å². The Bertz CT molecular complexity index is 961. The molecule has 148 valence electrons. The number of anilines is 1. The monoisotopic (exact) mass is 396 g/mol. The molecule has 0 radical (unpaired) electrons. The van der Waals surface area contributed by atoms with Crippen LogP contribution in [-0.2, 0) is 9.63 Å². The fraction of sp³-hybridized carbons (Fsp3) is 0.0909. The van der Waals surface area contributed by atoms with Gasteiger partial charge < -0.3 is 14.9 Å². The molecule has 0 spiro atoms. The molecule has 0 unspecified atom stereocenters. The number of para-hydroxylation sites is 1. The van der Waals surface area contributed by atoms with E-state index in [0.29, 0.717) is 11.3 Å². The zero-order valence-electron chi connectivity index (χ0n) is 15.3. The second-order valence-electron chi connectivity index (χ2n) is 5.92. The van der Waals surface area contributed by atoms with Crippen molar-refractivity contribution in [2.45, 2.75) is 6.61 Å². The summed E-state index contributed by atoms with van der Waals surface area (Å²) in [6, 6.07) is 23.0. The summed E-state index contributed by atoms with van der Waals surface area (Å²) in [5.74, 6) is -0.305. The lowest BCUT2D eigenvalue weighted by Gasteiger charge is -2.10. The smallest absolute Gasteiger partial charge is 0.387 e. The minimum absolute atomic E-state index is 0.0505. The number of hydrogen-bond donors (Lipinski definition) is 1. The third kappa shape index (κ3) is 6.14. The Balaban J connectivity index is 1.53. The van der Waals surface area contributed by atoms with Crippen molar-refractivity contribution in [3.8, 4) is 16.9 Å². The number of ether oxygens (including phenoxy) is 1. The number of halogens is 2. The fourth-order valence-electron chi connectivity index (χ4n) is 2.58. The van der Waals surface area contributed by atoms with Crippen molar-refractivity contribution in [2.75, 3.05) is 11.9 Å². The van der Waals surface area contributed by atoms with E-state index in [4.69, 9.17) is 4.84 Å². The van der Waals surface area contributed by atoms with E-state index in [1.54, 1.807) is 12.1 Å². The van der Waals surface area contributed by atoms with Gasteiger partial charge in [-0.15, -0.1) is 0 Å². The molecule has 0 aliphatic heterocycles. The lowest BCUT2D eigenvalue weighted by Crippen LogP contribution is -2.17. The number of alkyl halides is 2. The van der Waals surface area contributed by atoms with E-state index in [1.165, 1.54) is 18.3 Å². The molecular weight excluding hydrogens is 378 g/mol. The van der Waals surface area contributed by atoms with E-state index < -0.39 is 6.61 Å². The van der Waals surface area contributed by atoms with Crippen molar-refractivity contribution in [3.05, 3.63) is 84.4 Å². The highest BCUT2D eigenvalue weighted by Gasteiger charge is 2.08. The molecule has 1 amide bonds. The van der Waals surface area contributed by atoms with Crippen LogP contribution in [0.15, 0.2) is 84.0 Å². The second kappa shape index (κ2) is 9.98. The van der Waals surface area contributed by atoms with Crippen LogP contribution >= 0.6 is 0 Å². The maximum Gasteiger partial charge on any atom is 0.387 e. The first kappa shape index (κ1) is 20.0. The third-order valence-corrected chi connectivity index (χ3v) is 3.86. The van der Waals surface area contributed by atoms with Gasteiger partial charge in [0.2, 0.25) is 0 Å². The SMILES string of the molecule is O=C(CO/N=C\c1ccc(OC(F)F)cc1)Nc1ccccc1-c1ccccc1. The fourth-order valence-corrected chi connectivity index (χ4v) is 2.58. The van der Waals surface area contributed by atoms with Crippen LogP contribution in [-0.4, -0.2) is 25.3 Å². The first-order chi connectivity index (χ1) is 14.1. The summed E-state index contributed by atoms with van der Waals surface area (Å²) >= 11 is 0. The van der Waals surface area contributed by atoms with Crippen LogP contribution in [0.1, 0.15) is 5.56 Å². The van der Waals surface area contributed by atoms with E-state index in [-0.39, 0.29) is 18.3 Å². The lowest BCUT2D eigenvalue weighted by atomic mass is 10.0. The van der Waals surface area contributed by atoms with Crippen LogP contribution in [0.4, 0.5) is 14.5 Å². The van der Waals surface area contributed by atoms with Gasteiger partial charge in [-0.1, -0.05) is 53.7 Å². The van der Waals surface area contributed by atoms with E-state index in [1.807, 2.05) is 54.6 Å². The molecule has 0 heterocycles. The molecular formula is C22H18F2N2O3. The highest BCUT2D eigenvalue weighted by Crippen LogP contribution is 2.27. The standard InChI is InChI=1S/C22H18F2N2O3/c23-22(24)29-18-12-10-16(11-13-18)14-25-28-15-21(27)26-20-9-5-4-8-19(20)17-6-2-1-3-7-17/h1-14,22H,15H2,(H,26,27)/b25-14-. The van der Waals surface area contributed by atoms with Gasteiger partial charge in [0.1, 0.15) is 5.75 Å². The molecule has 0 bridgehead atoms.